The van der Waals surface area contributed by atoms with Crippen molar-refractivity contribution in [3.8, 4) is 11.5 Å². The molecule has 1 heterocycles. The molecule has 0 aromatic heterocycles. The summed E-state index contributed by atoms with van der Waals surface area (Å²) in [7, 11) is 1.54. The van der Waals surface area contributed by atoms with E-state index in [0.717, 1.165) is 6.42 Å². The molecule has 0 radical (unpaired) electrons. The van der Waals surface area contributed by atoms with Crippen molar-refractivity contribution in [2.24, 2.45) is 0 Å². The Hall–Kier alpha value is -1.79. The molecule has 0 unspecified atom stereocenters. The summed E-state index contributed by atoms with van der Waals surface area (Å²) in [5, 5.41) is 5.99. The molecule has 2 N–H and O–H groups in total. The van der Waals surface area contributed by atoms with E-state index in [1.54, 1.807) is 25.3 Å². The van der Waals surface area contributed by atoms with Gasteiger partial charge in [-0.15, -0.1) is 0 Å². The lowest BCUT2D eigenvalue weighted by Crippen LogP contribution is -2.21. The lowest BCUT2D eigenvalue weighted by molar-refractivity contribution is -0.115. The van der Waals surface area contributed by atoms with Crippen LogP contribution in [-0.2, 0) is 4.79 Å². The number of thiocarbonyl (C=S) groups is 1. The molecule has 1 aliphatic heterocycles. The minimum atomic E-state index is -0.278. The van der Waals surface area contributed by atoms with Crippen molar-refractivity contribution >= 4 is 40.9 Å². The van der Waals surface area contributed by atoms with Crippen LogP contribution >= 0.6 is 23.8 Å². The largest absolute Gasteiger partial charge is 0.493 e. The monoisotopic (exact) mass is 340 g/mol. The Balaban J connectivity index is 2.35. The first-order chi connectivity index (χ1) is 10.4. The first-order valence-electron chi connectivity index (χ1n) is 6.82. The van der Waals surface area contributed by atoms with Crippen LogP contribution < -0.4 is 20.1 Å². The topological polar surface area (TPSA) is 59.6 Å². The predicted molar refractivity (Wildman–Crippen MR) is 90.2 cm³/mol. The summed E-state index contributed by atoms with van der Waals surface area (Å²) in [5.41, 5.74) is 1.07. The third-order valence-electron chi connectivity index (χ3n) is 3.18. The lowest BCUT2D eigenvalue weighted by atomic mass is 10.1. The van der Waals surface area contributed by atoms with Gasteiger partial charge in [-0.3, -0.25) is 10.1 Å². The Bertz CT molecular complexity index is 646. The van der Waals surface area contributed by atoms with Gasteiger partial charge in [-0.1, -0.05) is 18.5 Å². The Labute approximate surface area is 139 Å². The van der Waals surface area contributed by atoms with Gasteiger partial charge in [0.05, 0.1) is 18.2 Å². The number of methoxy groups -OCH3 is 1. The predicted octanol–water partition coefficient (Wildman–Crippen LogP) is 2.87. The summed E-state index contributed by atoms with van der Waals surface area (Å²) in [4.78, 5) is 11.7. The molecule has 0 aliphatic carbocycles. The lowest BCUT2D eigenvalue weighted by Gasteiger charge is -2.17. The van der Waals surface area contributed by atoms with Crippen LogP contribution in [0, 0.1) is 0 Å². The Morgan fingerprint density at radius 1 is 1.41 bits per heavy atom. The number of halogens is 1. The third-order valence-corrected chi connectivity index (χ3v) is 3.66. The zero-order valence-corrected chi connectivity index (χ0v) is 14.1. The second-order valence-electron chi connectivity index (χ2n) is 4.84. The second kappa shape index (κ2) is 6.98. The molecular formula is C15H17ClN2O3S. The third kappa shape index (κ3) is 3.69. The standard InChI is InChI=1S/C15H17ClN2O3S/c1-4-8(2)21-13-10(16)5-9(7-12(13)20-3)6-11-14(19)18-15(22)17-11/h5-8H,4H2,1-3H3,(H2,17,18,19,22)/b11-6+/t8-/m1/s1. The molecule has 7 heteroatoms. The summed E-state index contributed by atoms with van der Waals surface area (Å²) in [5.74, 6) is 0.737. The van der Waals surface area contributed by atoms with E-state index in [1.165, 1.54) is 0 Å². The molecule has 1 atom stereocenters. The number of amides is 1. The van der Waals surface area contributed by atoms with E-state index >= 15 is 0 Å². The van der Waals surface area contributed by atoms with E-state index in [4.69, 9.17) is 33.3 Å². The van der Waals surface area contributed by atoms with Gasteiger partial charge in [0.25, 0.3) is 5.91 Å². The number of carbonyl (C=O) groups excluding carboxylic acids is 1. The van der Waals surface area contributed by atoms with Crippen molar-refractivity contribution in [2.75, 3.05) is 7.11 Å². The Kier molecular flexibility index (Phi) is 5.26. The zero-order valence-electron chi connectivity index (χ0n) is 12.5. The fraction of sp³-hybridized carbons (Fsp3) is 0.333. The van der Waals surface area contributed by atoms with Crippen LogP contribution in [0.5, 0.6) is 11.5 Å². The number of nitrogens with one attached hydrogen (secondary N) is 2. The summed E-state index contributed by atoms with van der Waals surface area (Å²) in [6, 6.07) is 3.47. The highest BCUT2D eigenvalue weighted by Crippen LogP contribution is 2.37. The molecule has 118 valence electrons. The quantitative estimate of drug-likeness (QED) is 0.637. The number of hydrogen-bond donors (Lipinski definition) is 2. The Morgan fingerprint density at radius 2 is 2.14 bits per heavy atom. The van der Waals surface area contributed by atoms with E-state index < -0.39 is 0 Å². The number of carbonyl (C=O) groups is 1. The van der Waals surface area contributed by atoms with Crippen molar-refractivity contribution in [1.29, 1.82) is 0 Å². The van der Waals surface area contributed by atoms with Gasteiger partial charge < -0.3 is 14.8 Å². The highest BCUT2D eigenvalue weighted by atomic mass is 35.5. The van der Waals surface area contributed by atoms with E-state index in [0.29, 0.717) is 27.8 Å². The van der Waals surface area contributed by atoms with Crippen molar-refractivity contribution in [2.45, 2.75) is 26.4 Å². The number of benzene rings is 1. The average molecular weight is 341 g/mol. The van der Waals surface area contributed by atoms with Crippen molar-refractivity contribution in [3.05, 3.63) is 28.4 Å². The maximum absolute atomic E-state index is 11.7. The first-order valence-corrected chi connectivity index (χ1v) is 7.61. The molecule has 1 aromatic rings. The van der Waals surface area contributed by atoms with Gasteiger partial charge in [0, 0.05) is 0 Å². The molecule has 1 aliphatic rings. The molecule has 2 rings (SSSR count). The average Bonchev–Trinajstić information content (AvgIpc) is 2.79. The van der Waals surface area contributed by atoms with Gasteiger partial charge in [-0.25, -0.2) is 0 Å². The normalized spacial score (nSPS) is 17.2. The molecule has 5 nitrogen and oxygen atoms in total. The number of rotatable bonds is 5. The van der Waals surface area contributed by atoms with E-state index in [-0.39, 0.29) is 17.1 Å². The van der Waals surface area contributed by atoms with Gasteiger partial charge in [0.15, 0.2) is 16.6 Å². The molecule has 1 amide bonds. The molecule has 0 spiro atoms. The minimum absolute atomic E-state index is 0.0234. The van der Waals surface area contributed by atoms with Crippen molar-refractivity contribution in [1.82, 2.24) is 10.6 Å². The maximum Gasteiger partial charge on any atom is 0.273 e. The molecule has 0 saturated carbocycles. The second-order valence-corrected chi connectivity index (χ2v) is 5.65. The summed E-state index contributed by atoms with van der Waals surface area (Å²) < 4.78 is 11.1. The van der Waals surface area contributed by atoms with Crippen LogP contribution in [0.1, 0.15) is 25.8 Å². The SMILES string of the molecule is CC[C@@H](C)Oc1c(Cl)cc(/C=C2/NC(=S)NC2=O)cc1OC. The highest BCUT2D eigenvalue weighted by molar-refractivity contribution is 7.80. The van der Waals surface area contributed by atoms with Gasteiger partial charge in [-0.2, -0.15) is 0 Å². The molecule has 1 saturated heterocycles. The smallest absolute Gasteiger partial charge is 0.273 e. The van der Waals surface area contributed by atoms with Crippen LogP contribution in [0.4, 0.5) is 0 Å². The fourth-order valence-electron chi connectivity index (χ4n) is 1.87. The number of hydrogen-bond acceptors (Lipinski definition) is 4. The zero-order chi connectivity index (χ0) is 16.3. The summed E-state index contributed by atoms with van der Waals surface area (Å²) in [6.07, 6.45) is 2.53. The summed E-state index contributed by atoms with van der Waals surface area (Å²) in [6.45, 7) is 3.98. The maximum atomic E-state index is 11.7. The van der Waals surface area contributed by atoms with E-state index in [9.17, 15) is 4.79 Å². The Morgan fingerprint density at radius 3 is 2.68 bits per heavy atom. The molecule has 1 aromatic carbocycles. The van der Waals surface area contributed by atoms with Crippen LogP contribution in [-0.4, -0.2) is 24.2 Å². The molecular weight excluding hydrogens is 324 g/mol. The van der Waals surface area contributed by atoms with Crippen LogP contribution in [0.25, 0.3) is 6.08 Å². The minimum Gasteiger partial charge on any atom is -0.493 e. The first kappa shape index (κ1) is 16.6. The molecule has 22 heavy (non-hydrogen) atoms. The number of ether oxygens (including phenoxy) is 2. The molecule has 0 bridgehead atoms. The fourth-order valence-corrected chi connectivity index (χ4v) is 2.34. The van der Waals surface area contributed by atoms with Gasteiger partial charge in [0.1, 0.15) is 5.70 Å². The molecule has 1 fully saturated rings. The van der Waals surface area contributed by atoms with Crippen LogP contribution in [0.3, 0.4) is 0 Å². The van der Waals surface area contributed by atoms with E-state index in [2.05, 4.69) is 10.6 Å². The highest BCUT2D eigenvalue weighted by Gasteiger charge is 2.21. The van der Waals surface area contributed by atoms with Crippen LogP contribution in [0.15, 0.2) is 17.8 Å². The van der Waals surface area contributed by atoms with Crippen molar-refractivity contribution < 1.29 is 14.3 Å². The van der Waals surface area contributed by atoms with Gasteiger partial charge in [-0.05, 0) is 49.3 Å². The van der Waals surface area contributed by atoms with Gasteiger partial charge >= 0.3 is 0 Å². The van der Waals surface area contributed by atoms with Crippen LogP contribution in [0.2, 0.25) is 5.02 Å². The van der Waals surface area contributed by atoms with Gasteiger partial charge in [0.2, 0.25) is 0 Å². The van der Waals surface area contributed by atoms with E-state index in [1.807, 2.05) is 13.8 Å². The van der Waals surface area contributed by atoms with Crippen molar-refractivity contribution in [3.63, 3.8) is 0 Å². The summed E-state index contributed by atoms with van der Waals surface area (Å²) >= 11 is 11.2.